The van der Waals surface area contributed by atoms with Crippen LogP contribution in [0.1, 0.15) is 36.2 Å². The SMILES string of the molecule is Cc1ccc([N+](=O)[O-])cc1C(=O)NC(C)(C)CCCl. The zero-order valence-electron chi connectivity index (χ0n) is 11.2. The maximum absolute atomic E-state index is 12.2. The number of carbonyl (C=O) groups is 1. The molecule has 104 valence electrons. The van der Waals surface area contributed by atoms with Gasteiger partial charge >= 0.3 is 0 Å². The Labute approximate surface area is 117 Å². The van der Waals surface area contributed by atoms with Gasteiger partial charge in [-0.25, -0.2) is 0 Å². The Morgan fingerprint density at radius 3 is 2.63 bits per heavy atom. The molecule has 0 bridgehead atoms. The van der Waals surface area contributed by atoms with Crippen molar-refractivity contribution >= 4 is 23.2 Å². The fraction of sp³-hybridized carbons (Fsp3) is 0.462. The molecule has 0 radical (unpaired) electrons. The molecule has 1 N–H and O–H groups in total. The van der Waals surface area contributed by atoms with Gasteiger partial charge in [-0.15, -0.1) is 11.6 Å². The molecule has 0 aliphatic carbocycles. The van der Waals surface area contributed by atoms with Crippen LogP contribution < -0.4 is 5.32 Å². The van der Waals surface area contributed by atoms with Crippen molar-refractivity contribution in [2.24, 2.45) is 0 Å². The molecule has 1 aromatic rings. The van der Waals surface area contributed by atoms with Crippen LogP contribution >= 0.6 is 11.6 Å². The average Bonchev–Trinajstić information content (AvgIpc) is 2.28. The Morgan fingerprint density at radius 1 is 1.47 bits per heavy atom. The Balaban J connectivity index is 2.99. The Morgan fingerprint density at radius 2 is 2.11 bits per heavy atom. The first-order valence-electron chi connectivity index (χ1n) is 5.90. The highest BCUT2D eigenvalue weighted by Gasteiger charge is 2.22. The highest BCUT2D eigenvalue weighted by Crippen LogP contribution is 2.19. The molecule has 1 aromatic carbocycles. The number of nitro groups is 1. The minimum absolute atomic E-state index is 0.0918. The van der Waals surface area contributed by atoms with Gasteiger partial charge < -0.3 is 5.32 Å². The largest absolute Gasteiger partial charge is 0.347 e. The molecule has 0 atom stereocenters. The van der Waals surface area contributed by atoms with E-state index in [9.17, 15) is 14.9 Å². The van der Waals surface area contributed by atoms with Crippen LogP contribution in [0.15, 0.2) is 18.2 Å². The number of alkyl halides is 1. The van der Waals surface area contributed by atoms with Crippen molar-refractivity contribution in [2.45, 2.75) is 32.7 Å². The zero-order valence-corrected chi connectivity index (χ0v) is 12.0. The molecule has 0 aliphatic rings. The smallest absolute Gasteiger partial charge is 0.270 e. The summed E-state index contributed by atoms with van der Waals surface area (Å²) in [6.45, 7) is 5.47. The van der Waals surface area contributed by atoms with Crippen molar-refractivity contribution in [1.82, 2.24) is 5.32 Å². The van der Waals surface area contributed by atoms with E-state index < -0.39 is 10.5 Å². The van der Waals surface area contributed by atoms with E-state index in [4.69, 9.17) is 11.6 Å². The molecule has 0 aromatic heterocycles. The van der Waals surface area contributed by atoms with E-state index in [-0.39, 0.29) is 11.6 Å². The average molecular weight is 285 g/mol. The van der Waals surface area contributed by atoms with Crippen LogP contribution in [-0.2, 0) is 0 Å². The van der Waals surface area contributed by atoms with Crippen molar-refractivity contribution in [3.8, 4) is 0 Å². The van der Waals surface area contributed by atoms with Gasteiger partial charge in [0.25, 0.3) is 11.6 Å². The number of nitrogens with one attached hydrogen (secondary N) is 1. The lowest BCUT2D eigenvalue weighted by atomic mass is 10.00. The second-order valence-electron chi connectivity index (χ2n) is 5.03. The second-order valence-corrected chi connectivity index (χ2v) is 5.41. The molecule has 0 saturated carbocycles. The maximum Gasteiger partial charge on any atom is 0.270 e. The number of rotatable bonds is 5. The number of nitro benzene ring substituents is 1. The van der Waals surface area contributed by atoms with E-state index in [1.54, 1.807) is 13.0 Å². The van der Waals surface area contributed by atoms with Gasteiger partial charge in [0.1, 0.15) is 0 Å². The fourth-order valence-corrected chi connectivity index (χ4v) is 2.11. The molecule has 5 nitrogen and oxygen atoms in total. The number of amides is 1. The molecule has 0 aliphatic heterocycles. The Hall–Kier alpha value is -1.62. The lowest BCUT2D eigenvalue weighted by Crippen LogP contribution is -2.43. The van der Waals surface area contributed by atoms with E-state index in [2.05, 4.69) is 5.32 Å². The molecule has 0 saturated heterocycles. The molecule has 1 rings (SSSR count). The summed E-state index contributed by atoms with van der Waals surface area (Å²) in [5.41, 5.74) is 0.475. The topological polar surface area (TPSA) is 72.2 Å². The van der Waals surface area contributed by atoms with E-state index in [1.807, 2.05) is 13.8 Å². The summed E-state index contributed by atoms with van der Waals surface area (Å²) >= 11 is 5.67. The Bertz CT molecular complexity index is 501. The molecule has 1 amide bonds. The number of hydrogen-bond acceptors (Lipinski definition) is 3. The molecule has 19 heavy (non-hydrogen) atoms. The summed E-state index contributed by atoms with van der Waals surface area (Å²) in [6, 6.07) is 4.25. The fourth-order valence-electron chi connectivity index (χ4n) is 1.64. The number of benzene rings is 1. The third-order valence-electron chi connectivity index (χ3n) is 2.85. The van der Waals surface area contributed by atoms with Crippen molar-refractivity contribution in [1.29, 1.82) is 0 Å². The van der Waals surface area contributed by atoms with Gasteiger partial charge in [0.15, 0.2) is 0 Å². The monoisotopic (exact) mass is 284 g/mol. The van der Waals surface area contributed by atoms with Crippen LogP contribution in [0.25, 0.3) is 0 Å². The molecule has 6 heteroatoms. The summed E-state index contributed by atoms with van der Waals surface area (Å²) in [4.78, 5) is 22.4. The van der Waals surface area contributed by atoms with Crippen LogP contribution in [0.4, 0.5) is 5.69 Å². The van der Waals surface area contributed by atoms with Gasteiger partial charge in [0.05, 0.1) is 4.92 Å². The van der Waals surface area contributed by atoms with Crippen molar-refractivity contribution in [3.63, 3.8) is 0 Å². The first kappa shape index (κ1) is 15.4. The van der Waals surface area contributed by atoms with Gasteiger partial charge in [0.2, 0.25) is 0 Å². The summed E-state index contributed by atoms with van der Waals surface area (Å²) in [5.74, 6) is 0.109. The summed E-state index contributed by atoms with van der Waals surface area (Å²) < 4.78 is 0. The second kappa shape index (κ2) is 6.02. The van der Waals surface area contributed by atoms with Crippen LogP contribution in [0, 0.1) is 17.0 Å². The van der Waals surface area contributed by atoms with Crippen molar-refractivity contribution in [3.05, 3.63) is 39.4 Å². The summed E-state index contributed by atoms with van der Waals surface area (Å²) in [5, 5.41) is 13.6. The normalized spacial score (nSPS) is 11.2. The van der Waals surface area contributed by atoms with Crippen LogP contribution in [0.3, 0.4) is 0 Å². The maximum atomic E-state index is 12.2. The van der Waals surface area contributed by atoms with E-state index in [0.717, 1.165) is 0 Å². The van der Waals surface area contributed by atoms with E-state index >= 15 is 0 Å². The quantitative estimate of drug-likeness (QED) is 0.513. The number of halogens is 1. The lowest BCUT2D eigenvalue weighted by Gasteiger charge is -2.25. The van der Waals surface area contributed by atoms with Gasteiger partial charge in [-0.2, -0.15) is 0 Å². The molecule has 0 fully saturated rings. The van der Waals surface area contributed by atoms with Crippen LogP contribution in [0.2, 0.25) is 0 Å². The highest BCUT2D eigenvalue weighted by molar-refractivity contribution is 6.17. The van der Waals surface area contributed by atoms with Crippen LogP contribution in [-0.4, -0.2) is 22.2 Å². The van der Waals surface area contributed by atoms with Gasteiger partial charge in [0, 0.05) is 29.1 Å². The summed E-state index contributed by atoms with van der Waals surface area (Å²) in [7, 11) is 0. The molecule has 0 spiro atoms. The number of carbonyl (C=O) groups excluding carboxylic acids is 1. The number of non-ortho nitro benzene ring substituents is 1. The first-order valence-corrected chi connectivity index (χ1v) is 6.44. The summed E-state index contributed by atoms with van der Waals surface area (Å²) in [6.07, 6.45) is 0.619. The zero-order chi connectivity index (χ0) is 14.6. The Kier molecular flexibility index (Phi) is 4.89. The predicted octanol–water partition coefficient (Wildman–Crippen LogP) is 3.04. The van der Waals surface area contributed by atoms with Gasteiger partial charge in [-0.1, -0.05) is 6.07 Å². The van der Waals surface area contributed by atoms with Gasteiger partial charge in [-0.3, -0.25) is 14.9 Å². The van der Waals surface area contributed by atoms with Gasteiger partial charge in [-0.05, 0) is 32.8 Å². The minimum Gasteiger partial charge on any atom is -0.347 e. The standard InChI is InChI=1S/C13H17ClN2O3/c1-9-4-5-10(16(18)19)8-11(9)12(17)15-13(2,3)6-7-14/h4-5,8H,6-7H2,1-3H3,(H,15,17). The van der Waals surface area contributed by atoms with E-state index in [1.165, 1.54) is 12.1 Å². The number of nitrogens with zero attached hydrogens (tertiary/aromatic N) is 1. The molecule has 0 unspecified atom stereocenters. The van der Waals surface area contributed by atoms with Crippen molar-refractivity contribution < 1.29 is 9.72 Å². The number of hydrogen-bond donors (Lipinski definition) is 1. The van der Waals surface area contributed by atoms with Crippen LogP contribution in [0.5, 0.6) is 0 Å². The highest BCUT2D eigenvalue weighted by atomic mass is 35.5. The molecular formula is C13H17ClN2O3. The lowest BCUT2D eigenvalue weighted by molar-refractivity contribution is -0.384. The first-order chi connectivity index (χ1) is 8.76. The van der Waals surface area contributed by atoms with E-state index in [0.29, 0.717) is 23.4 Å². The third kappa shape index (κ3) is 4.21. The molecular weight excluding hydrogens is 268 g/mol. The predicted molar refractivity (Wildman–Crippen MR) is 74.7 cm³/mol. The third-order valence-corrected chi connectivity index (χ3v) is 3.04. The molecule has 0 heterocycles. The van der Waals surface area contributed by atoms with Crippen molar-refractivity contribution in [2.75, 3.05) is 5.88 Å². The number of aryl methyl sites for hydroxylation is 1. The minimum atomic E-state index is -0.514.